The lowest BCUT2D eigenvalue weighted by Crippen LogP contribution is -2.26. The highest BCUT2D eigenvalue weighted by atomic mass is 35.5. The summed E-state index contributed by atoms with van der Waals surface area (Å²) in [4.78, 5) is 26.2. The molecule has 1 heterocycles. The molecule has 0 bridgehead atoms. The number of halogens is 2. The molecule has 0 spiro atoms. The molecule has 0 aliphatic heterocycles. The molecule has 0 saturated heterocycles. The number of nitrogens with one attached hydrogen (secondary N) is 1. The van der Waals surface area contributed by atoms with Crippen molar-refractivity contribution in [3.05, 3.63) is 85.8 Å². The number of benzene rings is 2. The first-order chi connectivity index (χ1) is 13.8. The number of aromatic nitrogens is 2. The van der Waals surface area contributed by atoms with Crippen molar-refractivity contribution in [3.8, 4) is 5.69 Å². The third kappa shape index (κ3) is 4.44. The summed E-state index contributed by atoms with van der Waals surface area (Å²) in [6.45, 7) is 2.38. The normalized spacial score (nSPS) is 10.7. The van der Waals surface area contributed by atoms with Gasteiger partial charge >= 0.3 is 0 Å². The highest BCUT2D eigenvalue weighted by Crippen LogP contribution is 2.23. The van der Waals surface area contributed by atoms with Gasteiger partial charge in [-0.2, -0.15) is 9.78 Å². The van der Waals surface area contributed by atoms with E-state index in [0.717, 1.165) is 11.1 Å². The van der Waals surface area contributed by atoms with Crippen LogP contribution in [0.25, 0.3) is 5.69 Å². The van der Waals surface area contributed by atoms with Crippen molar-refractivity contribution in [1.82, 2.24) is 15.1 Å². The largest absolute Gasteiger partial charge is 0.368 e. The number of anilines is 1. The van der Waals surface area contributed by atoms with Gasteiger partial charge < -0.3 is 10.2 Å². The van der Waals surface area contributed by atoms with Crippen LogP contribution in [-0.2, 0) is 6.54 Å². The maximum absolute atomic E-state index is 12.8. The molecule has 0 radical (unpaired) electrons. The Bertz CT molecular complexity index is 1110. The van der Waals surface area contributed by atoms with Crippen LogP contribution in [0.5, 0.6) is 0 Å². The molecule has 1 N–H and O–H groups in total. The summed E-state index contributed by atoms with van der Waals surface area (Å²) in [5, 5.41) is 7.46. The average molecular weight is 431 g/mol. The highest BCUT2D eigenvalue weighted by molar-refractivity contribution is 6.33. The van der Waals surface area contributed by atoms with Crippen molar-refractivity contribution in [2.24, 2.45) is 0 Å². The zero-order valence-corrected chi connectivity index (χ0v) is 17.8. The van der Waals surface area contributed by atoms with Crippen LogP contribution in [0, 0.1) is 6.92 Å². The molecule has 3 rings (SSSR count). The van der Waals surface area contributed by atoms with E-state index in [2.05, 4.69) is 10.4 Å². The molecular weight excluding hydrogens is 411 g/mol. The molecule has 29 heavy (non-hydrogen) atoms. The zero-order valence-electron chi connectivity index (χ0n) is 16.2. The zero-order chi connectivity index (χ0) is 21.1. The Kier molecular flexibility index (Phi) is 6.25. The Labute approximate surface area is 178 Å². The first-order valence-corrected chi connectivity index (χ1v) is 9.64. The maximum atomic E-state index is 12.8. The fraction of sp³-hybridized carbons (Fsp3) is 0.190. The van der Waals surface area contributed by atoms with Crippen molar-refractivity contribution in [3.63, 3.8) is 0 Å². The Morgan fingerprint density at radius 1 is 1.17 bits per heavy atom. The van der Waals surface area contributed by atoms with Gasteiger partial charge in [0, 0.05) is 31.2 Å². The summed E-state index contributed by atoms with van der Waals surface area (Å²) < 4.78 is 1.23. The number of hydrogen-bond donors (Lipinski definition) is 1. The van der Waals surface area contributed by atoms with Gasteiger partial charge in [-0.1, -0.05) is 41.4 Å². The summed E-state index contributed by atoms with van der Waals surface area (Å²) in [6, 6.07) is 12.5. The molecule has 0 unspecified atom stereocenters. The fourth-order valence-corrected chi connectivity index (χ4v) is 3.30. The summed E-state index contributed by atoms with van der Waals surface area (Å²) in [5.74, 6) is -0.142. The van der Waals surface area contributed by atoms with E-state index < -0.39 is 5.56 Å². The first kappa shape index (κ1) is 20.9. The molecule has 3 aromatic rings. The summed E-state index contributed by atoms with van der Waals surface area (Å²) in [6.07, 6.45) is 1.55. The fourth-order valence-electron chi connectivity index (χ4n) is 2.85. The van der Waals surface area contributed by atoms with Gasteiger partial charge in [0.15, 0.2) is 0 Å². The van der Waals surface area contributed by atoms with Gasteiger partial charge in [0.05, 0.1) is 17.6 Å². The van der Waals surface area contributed by atoms with Gasteiger partial charge in [-0.05, 0) is 42.3 Å². The van der Waals surface area contributed by atoms with E-state index in [4.69, 9.17) is 23.2 Å². The number of rotatable bonds is 5. The van der Waals surface area contributed by atoms with Crippen LogP contribution >= 0.6 is 23.2 Å². The average Bonchev–Trinajstić information content (AvgIpc) is 2.72. The summed E-state index contributed by atoms with van der Waals surface area (Å²) >= 11 is 12.5. The van der Waals surface area contributed by atoms with Crippen LogP contribution in [0.4, 0.5) is 5.69 Å². The van der Waals surface area contributed by atoms with Crippen molar-refractivity contribution >= 4 is 34.8 Å². The van der Waals surface area contributed by atoms with E-state index in [0.29, 0.717) is 28.5 Å². The van der Waals surface area contributed by atoms with Crippen molar-refractivity contribution in [2.75, 3.05) is 19.0 Å². The molecule has 1 amide bonds. The third-order valence-electron chi connectivity index (χ3n) is 4.57. The molecule has 6 nitrogen and oxygen atoms in total. The Morgan fingerprint density at radius 2 is 1.86 bits per heavy atom. The minimum Gasteiger partial charge on any atom is -0.368 e. The standard InChI is InChI=1S/C21H20Cl2N4O2/c1-13-4-9-16(10-17(13)22)27-21(29)19(23)18(11-25-27)26(3)12-14-5-7-15(8-6-14)20(28)24-2/h4-11H,12H2,1-3H3,(H,24,28). The highest BCUT2D eigenvalue weighted by Gasteiger charge is 2.15. The molecule has 0 saturated carbocycles. The second-order valence-corrected chi connectivity index (χ2v) is 7.41. The molecule has 0 fully saturated rings. The minimum absolute atomic E-state index is 0.0705. The predicted octanol–water partition coefficient (Wildman–Crippen LogP) is 3.84. The van der Waals surface area contributed by atoms with Crippen LogP contribution in [0.3, 0.4) is 0 Å². The van der Waals surface area contributed by atoms with Gasteiger partial charge in [-0.25, -0.2) is 0 Å². The molecule has 0 atom stereocenters. The SMILES string of the molecule is CNC(=O)c1ccc(CN(C)c2cnn(-c3ccc(C)c(Cl)c3)c(=O)c2Cl)cc1. The van der Waals surface area contributed by atoms with Gasteiger partial charge in [-0.15, -0.1) is 0 Å². The molecule has 8 heteroatoms. The lowest BCUT2D eigenvalue weighted by molar-refractivity contribution is 0.0963. The molecule has 150 valence electrons. The number of hydrogen-bond acceptors (Lipinski definition) is 4. The van der Waals surface area contributed by atoms with E-state index in [1.165, 1.54) is 4.68 Å². The van der Waals surface area contributed by atoms with Crippen LogP contribution in [-0.4, -0.2) is 29.8 Å². The number of aryl methyl sites for hydroxylation is 1. The van der Waals surface area contributed by atoms with Gasteiger partial charge in [-0.3, -0.25) is 9.59 Å². The molecular formula is C21H20Cl2N4O2. The van der Waals surface area contributed by atoms with Crippen molar-refractivity contribution < 1.29 is 4.79 Å². The smallest absolute Gasteiger partial charge is 0.292 e. The van der Waals surface area contributed by atoms with Crippen LogP contribution < -0.4 is 15.8 Å². The molecule has 0 aliphatic carbocycles. The lowest BCUT2D eigenvalue weighted by atomic mass is 10.1. The Balaban J connectivity index is 1.85. The lowest BCUT2D eigenvalue weighted by Gasteiger charge is -2.20. The molecule has 1 aromatic heterocycles. The Morgan fingerprint density at radius 3 is 2.48 bits per heavy atom. The number of amides is 1. The van der Waals surface area contributed by atoms with Gasteiger partial charge in [0.25, 0.3) is 11.5 Å². The number of carbonyl (C=O) groups excluding carboxylic acids is 1. The second-order valence-electron chi connectivity index (χ2n) is 6.63. The van der Waals surface area contributed by atoms with Crippen molar-refractivity contribution in [1.29, 1.82) is 0 Å². The second kappa shape index (κ2) is 8.68. The van der Waals surface area contributed by atoms with E-state index in [9.17, 15) is 9.59 Å². The van der Waals surface area contributed by atoms with Crippen LogP contribution in [0.2, 0.25) is 10.0 Å². The van der Waals surface area contributed by atoms with Crippen molar-refractivity contribution in [2.45, 2.75) is 13.5 Å². The minimum atomic E-state index is -0.425. The van der Waals surface area contributed by atoms with Gasteiger partial charge in [0.2, 0.25) is 0 Å². The monoisotopic (exact) mass is 430 g/mol. The summed E-state index contributed by atoms with van der Waals surface area (Å²) in [7, 11) is 3.41. The van der Waals surface area contributed by atoms with E-state index >= 15 is 0 Å². The predicted molar refractivity (Wildman–Crippen MR) is 117 cm³/mol. The topological polar surface area (TPSA) is 67.2 Å². The van der Waals surface area contributed by atoms with E-state index in [1.54, 1.807) is 37.5 Å². The van der Waals surface area contributed by atoms with Crippen LogP contribution in [0.1, 0.15) is 21.5 Å². The molecule has 0 aliphatic rings. The van der Waals surface area contributed by atoms with E-state index in [-0.39, 0.29) is 10.9 Å². The van der Waals surface area contributed by atoms with Crippen LogP contribution in [0.15, 0.2) is 53.5 Å². The number of carbonyl (C=O) groups is 1. The molecule has 2 aromatic carbocycles. The quantitative estimate of drug-likeness (QED) is 0.667. The maximum Gasteiger partial charge on any atom is 0.292 e. The summed E-state index contributed by atoms with van der Waals surface area (Å²) in [5.41, 5.74) is 3.09. The Hall–Kier alpha value is -2.83. The van der Waals surface area contributed by atoms with Gasteiger partial charge in [0.1, 0.15) is 5.02 Å². The number of nitrogens with zero attached hydrogens (tertiary/aromatic N) is 3. The third-order valence-corrected chi connectivity index (χ3v) is 5.34. The first-order valence-electron chi connectivity index (χ1n) is 8.88. The van der Waals surface area contributed by atoms with E-state index in [1.807, 2.05) is 37.1 Å².